The van der Waals surface area contributed by atoms with Crippen LogP contribution in [0.4, 0.5) is 5.69 Å². The van der Waals surface area contributed by atoms with Crippen molar-refractivity contribution in [2.75, 3.05) is 18.8 Å². The number of halogens is 1. The SMILES string of the molecule is Nc1ccc(C2CCNC2)cc1Cl. The number of hydrogen-bond acceptors (Lipinski definition) is 2. The van der Waals surface area contributed by atoms with Gasteiger partial charge in [0.25, 0.3) is 0 Å². The lowest BCUT2D eigenvalue weighted by atomic mass is 9.98. The molecule has 2 rings (SSSR count). The van der Waals surface area contributed by atoms with Crippen LogP contribution in [0.25, 0.3) is 0 Å². The van der Waals surface area contributed by atoms with Gasteiger partial charge in [-0.05, 0) is 36.6 Å². The zero-order valence-corrected chi connectivity index (χ0v) is 8.14. The van der Waals surface area contributed by atoms with Gasteiger partial charge in [-0.25, -0.2) is 0 Å². The van der Waals surface area contributed by atoms with Crippen molar-refractivity contribution in [1.29, 1.82) is 0 Å². The summed E-state index contributed by atoms with van der Waals surface area (Å²) >= 11 is 5.95. The number of rotatable bonds is 1. The molecule has 1 saturated heterocycles. The number of benzene rings is 1. The zero-order chi connectivity index (χ0) is 9.26. The van der Waals surface area contributed by atoms with Gasteiger partial charge >= 0.3 is 0 Å². The summed E-state index contributed by atoms with van der Waals surface area (Å²) in [6.45, 7) is 2.16. The number of nitrogens with two attached hydrogens (primary N) is 1. The summed E-state index contributed by atoms with van der Waals surface area (Å²) in [7, 11) is 0. The highest BCUT2D eigenvalue weighted by Gasteiger charge is 2.16. The molecule has 1 fully saturated rings. The van der Waals surface area contributed by atoms with Gasteiger partial charge in [0.1, 0.15) is 0 Å². The summed E-state index contributed by atoms with van der Waals surface area (Å²) in [5.74, 6) is 0.609. The average Bonchev–Trinajstić information content (AvgIpc) is 2.62. The first-order valence-corrected chi connectivity index (χ1v) is 4.91. The first kappa shape index (κ1) is 8.85. The van der Waals surface area contributed by atoms with Crippen molar-refractivity contribution in [1.82, 2.24) is 5.32 Å². The van der Waals surface area contributed by atoms with E-state index in [0.29, 0.717) is 16.6 Å². The van der Waals surface area contributed by atoms with Gasteiger partial charge in [-0.15, -0.1) is 0 Å². The van der Waals surface area contributed by atoms with Gasteiger partial charge in [-0.2, -0.15) is 0 Å². The Balaban J connectivity index is 2.25. The molecule has 3 N–H and O–H groups in total. The first-order valence-electron chi connectivity index (χ1n) is 4.53. The van der Waals surface area contributed by atoms with E-state index in [-0.39, 0.29) is 0 Å². The number of anilines is 1. The highest BCUT2D eigenvalue weighted by atomic mass is 35.5. The third-order valence-electron chi connectivity index (χ3n) is 2.56. The Kier molecular flexibility index (Phi) is 2.42. The molecule has 1 aliphatic rings. The van der Waals surface area contributed by atoms with Crippen LogP contribution in [0.5, 0.6) is 0 Å². The molecule has 0 bridgehead atoms. The van der Waals surface area contributed by atoms with Crippen LogP contribution in [0.15, 0.2) is 18.2 Å². The fourth-order valence-electron chi connectivity index (χ4n) is 1.74. The van der Waals surface area contributed by atoms with Crippen LogP contribution in [0.3, 0.4) is 0 Å². The Morgan fingerprint density at radius 2 is 2.31 bits per heavy atom. The van der Waals surface area contributed by atoms with Gasteiger partial charge in [0.2, 0.25) is 0 Å². The van der Waals surface area contributed by atoms with E-state index in [1.165, 1.54) is 12.0 Å². The Hall–Kier alpha value is -0.730. The average molecular weight is 197 g/mol. The highest BCUT2D eigenvalue weighted by Crippen LogP contribution is 2.27. The highest BCUT2D eigenvalue weighted by molar-refractivity contribution is 6.33. The number of nitrogen functional groups attached to an aromatic ring is 1. The second kappa shape index (κ2) is 3.56. The normalized spacial score (nSPS) is 22.1. The Labute approximate surface area is 83.1 Å². The maximum Gasteiger partial charge on any atom is 0.0638 e. The smallest absolute Gasteiger partial charge is 0.0638 e. The summed E-state index contributed by atoms with van der Waals surface area (Å²) < 4.78 is 0. The van der Waals surface area contributed by atoms with E-state index in [0.717, 1.165) is 13.1 Å². The van der Waals surface area contributed by atoms with E-state index in [9.17, 15) is 0 Å². The molecule has 0 saturated carbocycles. The van der Waals surface area contributed by atoms with E-state index in [1.54, 1.807) is 0 Å². The van der Waals surface area contributed by atoms with Crippen LogP contribution in [-0.2, 0) is 0 Å². The van der Waals surface area contributed by atoms with Gasteiger partial charge in [-0.3, -0.25) is 0 Å². The molecule has 0 aliphatic carbocycles. The lowest BCUT2D eigenvalue weighted by molar-refractivity contribution is 0.764. The lowest BCUT2D eigenvalue weighted by Crippen LogP contribution is -2.07. The Morgan fingerprint density at radius 1 is 1.46 bits per heavy atom. The van der Waals surface area contributed by atoms with Crippen LogP contribution in [-0.4, -0.2) is 13.1 Å². The molecular formula is C10H13ClN2. The molecule has 70 valence electrons. The molecular weight excluding hydrogens is 184 g/mol. The van der Waals surface area contributed by atoms with Gasteiger partial charge in [0, 0.05) is 6.54 Å². The summed E-state index contributed by atoms with van der Waals surface area (Å²) in [4.78, 5) is 0. The molecule has 1 aromatic carbocycles. The number of hydrogen-bond donors (Lipinski definition) is 2. The molecule has 1 aliphatic heterocycles. The minimum Gasteiger partial charge on any atom is -0.398 e. The standard InChI is InChI=1S/C10H13ClN2/c11-9-5-7(1-2-10(9)12)8-3-4-13-6-8/h1-2,5,8,13H,3-4,6,12H2. The Morgan fingerprint density at radius 3 is 2.92 bits per heavy atom. The molecule has 1 heterocycles. The maximum atomic E-state index is 5.95. The second-order valence-corrected chi connectivity index (χ2v) is 3.88. The molecule has 0 aromatic heterocycles. The molecule has 1 unspecified atom stereocenters. The third kappa shape index (κ3) is 1.79. The fraction of sp³-hybridized carbons (Fsp3) is 0.400. The maximum absolute atomic E-state index is 5.95. The monoisotopic (exact) mass is 196 g/mol. The molecule has 3 heteroatoms. The van der Waals surface area contributed by atoms with Gasteiger partial charge in [0.15, 0.2) is 0 Å². The predicted octanol–water partition coefficient (Wildman–Crippen LogP) is 2.00. The van der Waals surface area contributed by atoms with Crippen LogP contribution in [0.2, 0.25) is 5.02 Å². The topological polar surface area (TPSA) is 38.0 Å². The van der Waals surface area contributed by atoms with Crippen LogP contribution in [0.1, 0.15) is 17.9 Å². The number of nitrogens with one attached hydrogen (secondary N) is 1. The van der Waals surface area contributed by atoms with Crippen molar-refractivity contribution < 1.29 is 0 Å². The molecule has 1 atom stereocenters. The summed E-state index contributed by atoms with van der Waals surface area (Å²) in [6, 6.07) is 5.93. The van der Waals surface area contributed by atoms with Crippen molar-refractivity contribution in [3.05, 3.63) is 28.8 Å². The fourth-order valence-corrected chi connectivity index (χ4v) is 1.93. The molecule has 13 heavy (non-hydrogen) atoms. The molecule has 0 radical (unpaired) electrons. The minimum absolute atomic E-state index is 0.609. The summed E-state index contributed by atoms with van der Waals surface area (Å²) in [5, 5.41) is 4.00. The quantitative estimate of drug-likeness (QED) is 0.675. The van der Waals surface area contributed by atoms with E-state index in [4.69, 9.17) is 17.3 Å². The zero-order valence-electron chi connectivity index (χ0n) is 7.39. The third-order valence-corrected chi connectivity index (χ3v) is 2.88. The molecule has 0 spiro atoms. The molecule has 1 aromatic rings. The van der Waals surface area contributed by atoms with Crippen molar-refractivity contribution in [2.45, 2.75) is 12.3 Å². The van der Waals surface area contributed by atoms with Crippen LogP contribution in [0, 0.1) is 0 Å². The van der Waals surface area contributed by atoms with Crippen molar-refractivity contribution >= 4 is 17.3 Å². The second-order valence-electron chi connectivity index (χ2n) is 3.47. The van der Waals surface area contributed by atoms with E-state index >= 15 is 0 Å². The van der Waals surface area contributed by atoms with Crippen LogP contribution < -0.4 is 11.1 Å². The molecule has 0 amide bonds. The Bertz CT molecular complexity index is 306. The van der Waals surface area contributed by atoms with Gasteiger partial charge in [-0.1, -0.05) is 17.7 Å². The van der Waals surface area contributed by atoms with Crippen molar-refractivity contribution in [3.63, 3.8) is 0 Å². The van der Waals surface area contributed by atoms with Crippen molar-refractivity contribution in [3.8, 4) is 0 Å². The van der Waals surface area contributed by atoms with Crippen molar-refractivity contribution in [2.24, 2.45) is 0 Å². The van der Waals surface area contributed by atoms with Crippen LogP contribution >= 0.6 is 11.6 Å². The van der Waals surface area contributed by atoms with E-state index < -0.39 is 0 Å². The van der Waals surface area contributed by atoms with Gasteiger partial charge in [0.05, 0.1) is 10.7 Å². The largest absolute Gasteiger partial charge is 0.398 e. The summed E-state index contributed by atoms with van der Waals surface area (Å²) in [5.41, 5.74) is 7.60. The van der Waals surface area contributed by atoms with E-state index in [1.807, 2.05) is 12.1 Å². The first-order chi connectivity index (χ1) is 6.27. The molecule has 2 nitrogen and oxygen atoms in total. The van der Waals surface area contributed by atoms with E-state index in [2.05, 4.69) is 11.4 Å². The van der Waals surface area contributed by atoms with Gasteiger partial charge < -0.3 is 11.1 Å². The summed E-state index contributed by atoms with van der Waals surface area (Å²) in [6.07, 6.45) is 1.19. The minimum atomic E-state index is 0.609. The lowest BCUT2D eigenvalue weighted by Gasteiger charge is -2.09. The predicted molar refractivity (Wildman–Crippen MR) is 56.1 cm³/mol.